The highest BCUT2D eigenvalue weighted by Gasteiger charge is 2.26. The zero-order chi connectivity index (χ0) is 11.9. The van der Waals surface area contributed by atoms with E-state index in [9.17, 15) is 0 Å². The van der Waals surface area contributed by atoms with Crippen LogP contribution in [0.3, 0.4) is 0 Å². The summed E-state index contributed by atoms with van der Waals surface area (Å²) >= 11 is 6.19. The highest BCUT2D eigenvalue weighted by molar-refractivity contribution is 14.1. The first-order valence-electron chi connectivity index (χ1n) is 5.72. The van der Waals surface area contributed by atoms with Crippen molar-refractivity contribution < 1.29 is 0 Å². The van der Waals surface area contributed by atoms with E-state index in [0.29, 0.717) is 10.1 Å². The average Bonchev–Trinajstić information content (AvgIpc) is 2.20. The SMILES string of the molecule is Cc1cc2c(cc1Br)CCC(I)N2C(C)C. The maximum Gasteiger partial charge on any atom is 0.0815 e. The van der Waals surface area contributed by atoms with Gasteiger partial charge in [0.05, 0.1) is 4.05 Å². The summed E-state index contributed by atoms with van der Waals surface area (Å²) in [6, 6.07) is 5.19. The molecular weight excluding hydrogens is 377 g/mol. The minimum atomic E-state index is 0.571. The molecule has 1 aliphatic rings. The Balaban J connectivity index is 2.50. The molecule has 0 saturated heterocycles. The molecule has 1 unspecified atom stereocenters. The van der Waals surface area contributed by atoms with Gasteiger partial charge in [-0.25, -0.2) is 0 Å². The molecule has 16 heavy (non-hydrogen) atoms. The van der Waals surface area contributed by atoms with Crippen LogP contribution in [-0.4, -0.2) is 10.1 Å². The van der Waals surface area contributed by atoms with Crippen molar-refractivity contribution >= 4 is 44.2 Å². The Morgan fingerprint density at radius 1 is 1.44 bits per heavy atom. The van der Waals surface area contributed by atoms with Crippen LogP contribution in [0, 0.1) is 6.92 Å². The maximum atomic E-state index is 3.63. The van der Waals surface area contributed by atoms with Gasteiger partial charge in [-0.15, -0.1) is 0 Å². The molecule has 1 heterocycles. The van der Waals surface area contributed by atoms with Crippen LogP contribution in [-0.2, 0) is 6.42 Å². The van der Waals surface area contributed by atoms with E-state index in [-0.39, 0.29) is 0 Å². The number of aryl methyl sites for hydroxylation is 2. The van der Waals surface area contributed by atoms with Gasteiger partial charge in [-0.05, 0) is 56.9 Å². The number of halogens is 2. The molecule has 0 aliphatic carbocycles. The van der Waals surface area contributed by atoms with Gasteiger partial charge in [0, 0.05) is 16.2 Å². The molecule has 0 amide bonds. The summed E-state index contributed by atoms with van der Waals surface area (Å²) in [4.78, 5) is 2.54. The molecule has 0 fully saturated rings. The lowest BCUT2D eigenvalue weighted by Gasteiger charge is -2.39. The Morgan fingerprint density at radius 3 is 2.75 bits per heavy atom. The van der Waals surface area contributed by atoms with Crippen molar-refractivity contribution in [1.29, 1.82) is 0 Å². The first-order chi connectivity index (χ1) is 7.50. The van der Waals surface area contributed by atoms with Gasteiger partial charge in [-0.1, -0.05) is 38.5 Å². The van der Waals surface area contributed by atoms with Gasteiger partial charge < -0.3 is 4.90 Å². The van der Waals surface area contributed by atoms with Crippen LogP contribution < -0.4 is 4.90 Å². The smallest absolute Gasteiger partial charge is 0.0815 e. The van der Waals surface area contributed by atoms with Crippen molar-refractivity contribution in [2.24, 2.45) is 0 Å². The number of benzene rings is 1. The van der Waals surface area contributed by atoms with Crippen LogP contribution in [0.1, 0.15) is 31.4 Å². The minimum Gasteiger partial charge on any atom is -0.357 e. The number of hydrogen-bond donors (Lipinski definition) is 0. The number of fused-ring (bicyclic) bond motifs is 1. The van der Waals surface area contributed by atoms with Gasteiger partial charge >= 0.3 is 0 Å². The summed E-state index contributed by atoms with van der Waals surface area (Å²) in [6.07, 6.45) is 2.45. The van der Waals surface area contributed by atoms with Gasteiger partial charge in [0.1, 0.15) is 0 Å². The zero-order valence-electron chi connectivity index (χ0n) is 9.93. The molecule has 0 aromatic heterocycles. The lowest BCUT2D eigenvalue weighted by molar-refractivity contribution is 0.609. The van der Waals surface area contributed by atoms with Crippen LogP contribution in [0.4, 0.5) is 5.69 Å². The fourth-order valence-corrected chi connectivity index (χ4v) is 3.96. The van der Waals surface area contributed by atoms with Crippen molar-refractivity contribution in [3.63, 3.8) is 0 Å². The summed E-state index contributed by atoms with van der Waals surface area (Å²) in [6.45, 7) is 6.72. The first kappa shape index (κ1) is 12.7. The summed E-state index contributed by atoms with van der Waals surface area (Å²) in [5.74, 6) is 0. The summed E-state index contributed by atoms with van der Waals surface area (Å²) < 4.78 is 1.87. The summed E-state index contributed by atoms with van der Waals surface area (Å²) in [7, 11) is 0. The third kappa shape index (κ3) is 2.26. The molecule has 0 bridgehead atoms. The van der Waals surface area contributed by atoms with Crippen LogP contribution in [0.15, 0.2) is 16.6 Å². The van der Waals surface area contributed by atoms with Gasteiger partial charge in [-0.2, -0.15) is 0 Å². The lowest BCUT2D eigenvalue weighted by atomic mass is 9.99. The van der Waals surface area contributed by atoms with Crippen LogP contribution in [0.5, 0.6) is 0 Å². The average molecular weight is 394 g/mol. The molecule has 1 aromatic rings. The maximum absolute atomic E-state index is 3.63. The molecule has 1 atom stereocenters. The van der Waals surface area contributed by atoms with Gasteiger partial charge in [0.2, 0.25) is 0 Å². The van der Waals surface area contributed by atoms with E-state index in [0.717, 1.165) is 0 Å². The number of nitrogens with zero attached hydrogens (tertiary/aromatic N) is 1. The molecule has 0 saturated carbocycles. The number of alkyl halides is 1. The van der Waals surface area contributed by atoms with E-state index in [1.807, 2.05) is 0 Å². The molecule has 1 aromatic carbocycles. The fraction of sp³-hybridized carbons (Fsp3) is 0.538. The third-order valence-electron chi connectivity index (χ3n) is 3.15. The quantitative estimate of drug-likeness (QED) is 0.380. The van der Waals surface area contributed by atoms with E-state index >= 15 is 0 Å². The van der Waals surface area contributed by atoms with Crippen molar-refractivity contribution in [2.45, 2.75) is 43.7 Å². The molecule has 1 aliphatic heterocycles. The van der Waals surface area contributed by atoms with Crippen molar-refractivity contribution in [2.75, 3.05) is 4.90 Å². The van der Waals surface area contributed by atoms with Crippen LogP contribution in [0.2, 0.25) is 0 Å². The van der Waals surface area contributed by atoms with Crippen molar-refractivity contribution in [3.05, 3.63) is 27.7 Å². The van der Waals surface area contributed by atoms with E-state index < -0.39 is 0 Å². The van der Waals surface area contributed by atoms with E-state index in [1.54, 1.807) is 0 Å². The lowest BCUT2D eigenvalue weighted by Crippen LogP contribution is -2.40. The standard InChI is InChI=1S/C13H17BrIN/c1-8(2)16-12-6-9(3)11(14)7-10(12)4-5-13(16)15/h6-8,13H,4-5H2,1-3H3. The summed E-state index contributed by atoms with van der Waals surface area (Å²) in [5, 5.41) is 0. The molecule has 88 valence electrons. The van der Waals surface area contributed by atoms with Crippen molar-refractivity contribution in [3.8, 4) is 0 Å². The molecule has 0 spiro atoms. The normalized spacial score (nSPS) is 20.1. The minimum absolute atomic E-state index is 0.571. The molecule has 2 rings (SSSR count). The zero-order valence-corrected chi connectivity index (χ0v) is 13.7. The van der Waals surface area contributed by atoms with E-state index in [4.69, 9.17) is 0 Å². The summed E-state index contributed by atoms with van der Waals surface area (Å²) in [5.41, 5.74) is 4.25. The molecular formula is C13H17BrIN. The molecule has 3 heteroatoms. The molecule has 0 radical (unpaired) electrons. The second-order valence-corrected chi connectivity index (χ2v) is 7.00. The van der Waals surface area contributed by atoms with Crippen LogP contribution in [0.25, 0.3) is 0 Å². The fourth-order valence-electron chi connectivity index (χ4n) is 2.31. The highest BCUT2D eigenvalue weighted by atomic mass is 127. The second kappa shape index (κ2) is 4.84. The Bertz CT molecular complexity index is 403. The first-order valence-corrected chi connectivity index (χ1v) is 7.76. The topological polar surface area (TPSA) is 3.24 Å². The van der Waals surface area contributed by atoms with Crippen LogP contribution >= 0.6 is 38.5 Å². The predicted molar refractivity (Wildman–Crippen MR) is 82.6 cm³/mol. The molecule has 1 nitrogen and oxygen atoms in total. The Morgan fingerprint density at radius 2 is 2.12 bits per heavy atom. The van der Waals surface area contributed by atoms with Gasteiger partial charge in [0.25, 0.3) is 0 Å². The second-order valence-electron chi connectivity index (χ2n) is 4.70. The third-order valence-corrected chi connectivity index (χ3v) is 5.23. The number of anilines is 1. The van der Waals surface area contributed by atoms with E-state index in [2.05, 4.69) is 76.3 Å². The monoisotopic (exact) mass is 393 g/mol. The predicted octanol–water partition coefficient (Wildman–Crippen LogP) is 4.68. The Kier molecular flexibility index (Phi) is 3.84. The van der Waals surface area contributed by atoms with Crippen molar-refractivity contribution in [1.82, 2.24) is 0 Å². The van der Waals surface area contributed by atoms with Gasteiger partial charge in [0.15, 0.2) is 0 Å². The number of rotatable bonds is 1. The Labute approximate surface area is 120 Å². The number of hydrogen-bond acceptors (Lipinski definition) is 1. The highest BCUT2D eigenvalue weighted by Crippen LogP contribution is 2.37. The van der Waals surface area contributed by atoms with Gasteiger partial charge in [-0.3, -0.25) is 0 Å². The largest absolute Gasteiger partial charge is 0.357 e. The van der Waals surface area contributed by atoms with E-state index in [1.165, 1.54) is 34.1 Å². The molecule has 0 N–H and O–H groups in total. The Hall–Kier alpha value is 0.230.